The van der Waals surface area contributed by atoms with Crippen LogP contribution in [-0.4, -0.2) is 25.0 Å². The van der Waals surface area contributed by atoms with Gasteiger partial charge in [0, 0.05) is 17.1 Å². The summed E-state index contributed by atoms with van der Waals surface area (Å²) in [6.07, 6.45) is 0.342. The standard InChI is InChI=1S/C19H22N2O3S/c1-4-21-15-10-13(20-17(22)11-14-6-5-9-25-14)7-8-16(15)24-12-19(2,3)18(21)23/h5-10H,4,11-12H2,1-3H3,(H,20,22). The molecule has 1 aliphatic rings. The SMILES string of the molecule is CCN1C(=O)C(C)(C)COc2ccc(NC(=O)Cc3cccs3)cc21. The van der Waals surface area contributed by atoms with Crippen molar-refractivity contribution in [1.29, 1.82) is 0 Å². The van der Waals surface area contributed by atoms with E-state index in [2.05, 4.69) is 5.32 Å². The van der Waals surface area contributed by atoms with Gasteiger partial charge in [-0.05, 0) is 50.4 Å². The predicted molar refractivity (Wildman–Crippen MR) is 100 cm³/mol. The molecule has 5 nitrogen and oxygen atoms in total. The van der Waals surface area contributed by atoms with Crippen LogP contribution in [0, 0.1) is 5.41 Å². The van der Waals surface area contributed by atoms with Gasteiger partial charge in [-0.25, -0.2) is 0 Å². The van der Waals surface area contributed by atoms with Gasteiger partial charge in [0.25, 0.3) is 0 Å². The third kappa shape index (κ3) is 3.69. The van der Waals surface area contributed by atoms with Gasteiger partial charge in [0.05, 0.1) is 17.5 Å². The van der Waals surface area contributed by atoms with E-state index in [0.717, 1.165) is 4.88 Å². The van der Waals surface area contributed by atoms with Crippen LogP contribution < -0.4 is 15.0 Å². The van der Waals surface area contributed by atoms with E-state index in [4.69, 9.17) is 4.74 Å². The number of nitrogens with zero attached hydrogens (tertiary/aromatic N) is 1. The van der Waals surface area contributed by atoms with Crippen LogP contribution in [0.15, 0.2) is 35.7 Å². The van der Waals surface area contributed by atoms with E-state index < -0.39 is 5.41 Å². The highest BCUT2D eigenvalue weighted by Crippen LogP contribution is 2.38. The second-order valence-electron chi connectivity index (χ2n) is 6.71. The number of anilines is 2. The molecule has 0 atom stereocenters. The number of carbonyl (C=O) groups excluding carboxylic acids is 2. The molecule has 1 aromatic heterocycles. The van der Waals surface area contributed by atoms with Crippen molar-refractivity contribution in [3.63, 3.8) is 0 Å². The van der Waals surface area contributed by atoms with Crippen molar-refractivity contribution in [1.82, 2.24) is 0 Å². The lowest BCUT2D eigenvalue weighted by molar-refractivity contribution is -0.127. The highest BCUT2D eigenvalue weighted by Gasteiger charge is 2.37. The minimum absolute atomic E-state index is 0.0239. The maximum atomic E-state index is 12.8. The van der Waals surface area contributed by atoms with Crippen molar-refractivity contribution >= 4 is 34.5 Å². The molecule has 0 saturated heterocycles. The fraction of sp³-hybridized carbons (Fsp3) is 0.368. The number of hydrogen-bond donors (Lipinski definition) is 1. The van der Waals surface area contributed by atoms with Gasteiger partial charge in [-0.15, -0.1) is 11.3 Å². The summed E-state index contributed by atoms with van der Waals surface area (Å²) in [5, 5.41) is 4.86. The third-order valence-electron chi connectivity index (χ3n) is 4.18. The number of amides is 2. The van der Waals surface area contributed by atoms with Gasteiger partial charge in [0.15, 0.2) is 0 Å². The summed E-state index contributed by atoms with van der Waals surface area (Å²) in [7, 11) is 0. The van der Waals surface area contributed by atoms with E-state index in [0.29, 0.717) is 36.7 Å². The molecule has 25 heavy (non-hydrogen) atoms. The average Bonchev–Trinajstić information content (AvgIpc) is 3.04. The molecule has 6 heteroatoms. The number of rotatable bonds is 4. The summed E-state index contributed by atoms with van der Waals surface area (Å²) in [6, 6.07) is 9.30. The molecule has 0 spiro atoms. The van der Waals surface area contributed by atoms with Crippen LogP contribution in [0.4, 0.5) is 11.4 Å². The molecule has 0 aliphatic carbocycles. The third-order valence-corrected chi connectivity index (χ3v) is 5.05. The molecule has 3 rings (SSSR count). The zero-order valence-electron chi connectivity index (χ0n) is 14.7. The van der Waals surface area contributed by atoms with Crippen LogP contribution in [0.5, 0.6) is 5.75 Å². The first-order chi connectivity index (χ1) is 11.9. The van der Waals surface area contributed by atoms with Crippen molar-refractivity contribution in [2.24, 2.45) is 5.41 Å². The quantitative estimate of drug-likeness (QED) is 0.907. The first-order valence-corrected chi connectivity index (χ1v) is 9.20. The smallest absolute Gasteiger partial charge is 0.236 e. The van der Waals surface area contributed by atoms with Crippen molar-refractivity contribution in [2.45, 2.75) is 27.2 Å². The summed E-state index contributed by atoms with van der Waals surface area (Å²) >= 11 is 1.56. The lowest BCUT2D eigenvalue weighted by atomic mass is 9.93. The summed E-state index contributed by atoms with van der Waals surface area (Å²) in [6.45, 7) is 6.58. The Morgan fingerprint density at radius 1 is 1.36 bits per heavy atom. The molecule has 0 fully saturated rings. The molecule has 2 heterocycles. The molecular formula is C19H22N2O3S. The van der Waals surface area contributed by atoms with E-state index in [1.807, 2.05) is 56.5 Å². The van der Waals surface area contributed by atoms with Gasteiger partial charge in [0.2, 0.25) is 11.8 Å². The molecule has 1 N–H and O–H groups in total. The molecule has 1 aromatic carbocycles. The van der Waals surface area contributed by atoms with E-state index in [-0.39, 0.29) is 11.8 Å². The molecule has 0 radical (unpaired) electrons. The Balaban J connectivity index is 1.83. The number of ether oxygens (including phenoxy) is 1. The monoisotopic (exact) mass is 358 g/mol. The minimum Gasteiger partial charge on any atom is -0.490 e. The molecule has 0 bridgehead atoms. The first kappa shape index (κ1) is 17.5. The molecular weight excluding hydrogens is 336 g/mol. The van der Waals surface area contributed by atoms with Crippen LogP contribution in [0.1, 0.15) is 25.6 Å². The number of carbonyl (C=O) groups is 2. The lowest BCUT2D eigenvalue weighted by Crippen LogP contribution is -2.42. The number of hydrogen-bond acceptors (Lipinski definition) is 4. The highest BCUT2D eigenvalue weighted by atomic mass is 32.1. The van der Waals surface area contributed by atoms with Crippen LogP contribution >= 0.6 is 11.3 Å². The van der Waals surface area contributed by atoms with Crippen molar-refractivity contribution in [3.8, 4) is 5.75 Å². The van der Waals surface area contributed by atoms with Crippen LogP contribution in [-0.2, 0) is 16.0 Å². The maximum Gasteiger partial charge on any atom is 0.236 e. The topological polar surface area (TPSA) is 58.6 Å². The Morgan fingerprint density at radius 2 is 2.16 bits per heavy atom. The average molecular weight is 358 g/mol. The highest BCUT2D eigenvalue weighted by molar-refractivity contribution is 7.10. The van der Waals surface area contributed by atoms with E-state index in [1.54, 1.807) is 16.2 Å². The Kier molecular flexibility index (Phi) is 4.81. The van der Waals surface area contributed by atoms with Gasteiger partial charge in [-0.1, -0.05) is 6.07 Å². The Bertz CT molecular complexity index is 784. The van der Waals surface area contributed by atoms with Gasteiger partial charge in [-0.3, -0.25) is 9.59 Å². The summed E-state index contributed by atoms with van der Waals surface area (Å²) in [4.78, 5) is 27.7. The van der Waals surface area contributed by atoms with Crippen LogP contribution in [0.25, 0.3) is 0 Å². The van der Waals surface area contributed by atoms with Crippen molar-refractivity contribution in [2.75, 3.05) is 23.4 Å². The zero-order chi connectivity index (χ0) is 18.0. The van der Waals surface area contributed by atoms with Gasteiger partial charge < -0.3 is 15.0 Å². The Hall–Kier alpha value is -2.34. The zero-order valence-corrected chi connectivity index (χ0v) is 15.5. The van der Waals surface area contributed by atoms with Gasteiger partial charge in [0.1, 0.15) is 12.4 Å². The van der Waals surface area contributed by atoms with Crippen LogP contribution in [0.2, 0.25) is 0 Å². The molecule has 132 valence electrons. The normalized spacial score (nSPS) is 16.0. The summed E-state index contributed by atoms with van der Waals surface area (Å²) in [5.74, 6) is 0.611. The fourth-order valence-corrected chi connectivity index (χ4v) is 3.52. The summed E-state index contributed by atoms with van der Waals surface area (Å²) < 4.78 is 5.84. The van der Waals surface area contributed by atoms with Crippen molar-refractivity contribution < 1.29 is 14.3 Å². The van der Waals surface area contributed by atoms with E-state index >= 15 is 0 Å². The molecule has 0 unspecified atom stereocenters. The molecule has 2 amide bonds. The molecule has 1 aliphatic heterocycles. The number of fused-ring (bicyclic) bond motifs is 1. The van der Waals surface area contributed by atoms with Gasteiger partial charge >= 0.3 is 0 Å². The van der Waals surface area contributed by atoms with E-state index in [1.165, 1.54) is 0 Å². The second kappa shape index (κ2) is 6.88. The molecule has 0 saturated carbocycles. The van der Waals surface area contributed by atoms with Crippen molar-refractivity contribution in [3.05, 3.63) is 40.6 Å². The second-order valence-corrected chi connectivity index (χ2v) is 7.74. The molecule has 2 aromatic rings. The largest absolute Gasteiger partial charge is 0.490 e. The number of thiophene rings is 1. The summed E-state index contributed by atoms with van der Waals surface area (Å²) in [5.41, 5.74) is 0.777. The Labute approximate surface area is 151 Å². The predicted octanol–water partition coefficient (Wildman–Crippen LogP) is 3.70. The first-order valence-electron chi connectivity index (χ1n) is 8.32. The minimum atomic E-state index is -0.586. The van der Waals surface area contributed by atoms with E-state index in [9.17, 15) is 9.59 Å². The van der Waals surface area contributed by atoms with Gasteiger partial charge in [-0.2, -0.15) is 0 Å². The van der Waals surface area contributed by atoms with Crippen LogP contribution in [0.3, 0.4) is 0 Å². The number of nitrogens with one attached hydrogen (secondary N) is 1. The number of benzene rings is 1. The maximum absolute atomic E-state index is 12.8. The fourth-order valence-electron chi connectivity index (χ4n) is 2.81. The Morgan fingerprint density at radius 3 is 2.84 bits per heavy atom. The lowest BCUT2D eigenvalue weighted by Gasteiger charge is -2.27.